The second-order valence-electron chi connectivity index (χ2n) is 9.03. The number of halogens is 1. The Hall–Kier alpha value is -2.54. The highest BCUT2D eigenvalue weighted by Gasteiger charge is 2.46. The molecule has 1 unspecified atom stereocenters. The molecular weight excluding hydrogens is 430 g/mol. The van der Waals surface area contributed by atoms with Crippen molar-refractivity contribution < 1.29 is 19.1 Å². The van der Waals surface area contributed by atoms with Crippen LogP contribution in [0.2, 0.25) is 0 Å². The number of hydrogen-bond donors (Lipinski definition) is 1. The summed E-state index contributed by atoms with van der Waals surface area (Å²) in [6.45, 7) is 0. The number of carbonyl (C=O) groups excluding carboxylic acids is 3. The molecule has 1 aliphatic carbocycles. The molecule has 0 spiro atoms. The van der Waals surface area contributed by atoms with E-state index in [9.17, 15) is 14.4 Å². The summed E-state index contributed by atoms with van der Waals surface area (Å²) in [6, 6.07) is 7.16. The van der Waals surface area contributed by atoms with Gasteiger partial charge in [0.2, 0.25) is 11.8 Å². The van der Waals surface area contributed by atoms with Crippen LogP contribution in [-0.2, 0) is 25.5 Å². The number of hydrogen-bond acceptors (Lipinski definition) is 4. The van der Waals surface area contributed by atoms with Gasteiger partial charge in [0.05, 0.1) is 19.1 Å². The van der Waals surface area contributed by atoms with Gasteiger partial charge in [0.25, 0.3) is 0 Å². The first-order chi connectivity index (χ1) is 15.4. The molecule has 1 fully saturated rings. The number of alkyl halides is 1. The fourth-order valence-corrected chi connectivity index (χ4v) is 5.66. The van der Waals surface area contributed by atoms with E-state index in [1.807, 2.05) is 18.2 Å². The Morgan fingerprint density at radius 3 is 2.47 bits per heavy atom. The molecule has 0 bridgehead atoms. The zero-order valence-electron chi connectivity index (χ0n) is 18.8. The van der Waals surface area contributed by atoms with Crippen molar-refractivity contribution in [1.82, 2.24) is 14.8 Å². The van der Waals surface area contributed by atoms with Gasteiger partial charge in [0.1, 0.15) is 11.9 Å². The molecule has 172 valence electrons. The first-order valence-corrected chi connectivity index (χ1v) is 11.7. The highest BCUT2D eigenvalue weighted by atomic mass is 35.5. The number of nitrogens with zero attached hydrogens (tertiary/aromatic N) is 2. The minimum atomic E-state index is -0.605. The first kappa shape index (κ1) is 22.6. The van der Waals surface area contributed by atoms with E-state index >= 15 is 0 Å². The van der Waals surface area contributed by atoms with E-state index < -0.39 is 6.04 Å². The predicted octanol–water partition coefficient (Wildman–Crippen LogP) is 3.27. The highest BCUT2D eigenvalue weighted by Crippen LogP contribution is 2.46. The Morgan fingerprint density at radius 2 is 1.84 bits per heavy atom. The van der Waals surface area contributed by atoms with E-state index in [0.717, 1.165) is 35.0 Å². The Labute approximate surface area is 193 Å². The lowest BCUT2D eigenvalue weighted by molar-refractivity contribution is -0.150. The number of likely N-dealkylation sites (N-methyl/N-ethyl adjacent to an activating group) is 1. The van der Waals surface area contributed by atoms with Gasteiger partial charge in [-0.1, -0.05) is 18.2 Å². The summed E-state index contributed by atoms with van der Waals surface area (Å²) in [5.74, 6) is -0.691. The summed E-state index contributed by atoms with van der Waals surface area (Å²) in [4.78, 5) is 45.2. The molecule has 2 aliphatic rings. The number of para-hydroxylation sites is 1. The van der Waals surface area contributed by atoms with Crippen molar-refractivity contribution in [2.75, 3.05) is 27.1 Å². The van der Waals surface area contributed by atoms with E-state index in [-0.39, 0.29) is 41.5 Å². The second-order valence-corrected chi connectivity index (χ2v) is 9.30. The monoisotopic (exact) mass is 459 g/mol. The summed E-state index contributed by atoms with van der Waals surface area (Å²) in [5, 5.41) is 1.09. The van der Waals surface area contributed by atoms with Gasteiger partial charge in [0.15, 0.2) is 0 Å². The van der Waals surface area contributed by atoms with E-state index in [0.29, 0.717) is 19.3 Å². The van der Waals surface area contributed by atoms with Crippen LogP contribution in [0.15, 0.2) is 24.3 Å². The maximum atomic E-state index is 13.2. The third-order valence-electron chi connectivity index (χ3n) is 7.06. The van der Waals surface area contributed by atoms with Crippen LogP contribution in [0.1, 0.15) is 43.0 Å². The third kappa shape index (κ3) is 3.87. The van der Waals surface area contributed by atoms with Crippen LogP contribution in [0.4, 0.5) is 0 Å². The van der Waals surface area contributed by atoms with Crippen molar-refractivity contribution in [2.45, 2.75) is 44.2 Å². The maximum Gasteiger partial charge on any atom is 0.308 e. The van der Waals surface area contributed by atoms with Gasteiger partial charge in [-0.25, -0.2) is 0 Å². The number of amides is 2. The molecule has 2 aromatic rings. The Morgan fingerprint density at radius 1 is 1.16 bits per heavy atom. The van der Waals surface area contributed by atoms with Crippen molar-refractivity contribution in [1.29, 1.82) is 0 Å². The zero-order chi connectivity index (χ0) is 23.0. The fraction of sp³-hybridized carbons (Fsp3) is 0.542. The average molecular weight is 460 g/mol. The Bertz CT molecular complexity index is 1030. The summed E-state index contributed by atoms with van der Waals surface area (Å²) >= 11 is 6.04. The lowest BCUT2D eigenvalue weighted by Gasteiger charge is -2.46. The van der Waals surface area contributed by atoms with Gasteiger partial charge >= 0.3 is 5.97 Å². The number of fused-ring (bicyclic) bond motifs is 3. The van der Waals surface area contributed by atoms with Gasteiger partial charge in [-0.05, 0) is 43.2 Å². The second kappa shape index (κ2) is 9.14. The molecule has 2 heterocycles. The number of carbonyl (C=O) groups is 3. The van der Waals surface area contributed by atoms with Crippen LogP contribution >= 0.6 is 11.6 Å². The van der Waals surface area contributed by atoms with Crippen molar-refractivity contribution in [2.24, 2.45) is 11.8 Å². The molecule has 7 nitrogen and oxygen atoms in total. The van der Waals surface area contributed by atoms with Crippen LogP contribution in [-0.4, -0.2) is 65.7 Å². The topological polar surface area (TPSA) is 82.7 Å². The molecule has 4 rings (SSSR count). The molecule has 1 aromatic heterocycles. The number of rotatable bonds is 4. The minimum absolute atomic E-state index is 0.104. The molecule has 1 saturated carbocycles. The van der Waals surface area contributed by atoms with E-state index in [1.54, 1.807) is 23.9 Å². The summed E-state index contributed by atoms with van der Waals surface area (Å²) in [6.07, 6.45) is 3.41. The van der Waals surface area contributed by atoms with E-state index in [4.69, 9.17) is 16.3 Å². The molecule has 32 heavy (non-hydrogen) atoms. The van der Waals surface area contributed by atoms with Gasteiger partial charge < -0.3 is 19.5 Å². The lowest BCUT2D eigenvalue weighted by Crippen LogP contribution is -2.56. The number of esters is 1. The van der Waals surface area contributed by atoms with Crippen LogP contribution < -0.4 is 0 Å². The Kier molecular flexibility index (Phi) is 6.47. The van der Waals surface area contributed by atoms with Gasteiger partial charge in [0, 0.05) is 37.1 Å². The van der Waals surface area contributed by atoms with Crippen molar-refractivity contribution >= 4 is 40.3 Å². The number of benzene rings is 1. The van der Waals surface area contributed by atoms with Gasteiger partial charge in [-0.3, -0.25) is 14.4 Å². The van der Waals surface area contributed by atoms with Crippen molar-refractivity contribution in [3.8, 4) is 0 Å². The fourth-order valence-electron chi connectivity index (χ4n) is 5.52. The largest absolute Gasteiger partial charge is 0.469 e. The smallest absolute Gasteiger partial charge is 0.308 e. The molecule has 0 saturated heterocycles. The van der Waals surface area contributed by atoms with E-state index in [1.165, 1.54) is 7.11 Å². The average Bonchev–Trinajstić information content (AvgIpc) is 3.19. The highest BCUT2D eigenvalue weighted by molar-refractivity contribution is 6.27. The number of aromatic amines is 1. The molecule has 2 amide bonds. The summed E-state index contributed by atoms with van der Waals surface area (Å²) in [7, 11) is 4.85. The molecule has 1 aromatic carbocycles. The molecule has 1 aliphatic heterocycles. The normalized spacial score (nSPS) is 25.3. The third-order valence-corrected chi connectivity index (χ3v) is 7.28. The molecule has 2 atom stereocenters. The van der Waals surface area contributed by atoms with Gasteiger partial charge in [-0.15, -0.1) is 11.6 Å². The number of aromatic nitrogens is 1. The molecule has 0 radical (unpaired) electrons. The molecule has 1 N–H and O–H groups in total. The van der Waals surface area contributed by atoms with Crippen molar-refractivity contribution in [3.63, 3.8) is 0 Å². The number of nitrogens with one attached hydrogen (secondary N) is 1. The summed E-state index contributed by atoms with van der Waals surface area (Å²) < 4.78 is 4.94. The van der Waals surface area contributed by atoms with Crippen LogP contribution in [0.5, 0.6) is 0 Å². The van der Waals surface area contributed by atoms with Crippen LogP contribution in [0, 0.1) is 11.8 Å². The molecule has 8 heteroatoms. The quantitative estimate of drug-likeness (QED) is 0.562. The predicted molar refractivity (Wildman–Crippen MR) is 122 cm³/mol. The standard InChI is InChI=1S/C24H30ClN3O4/c1-27(2)23(30)19-12-17-16-6-4-5-7-18(16)26-21(17)22(28(19)20(29)13-25)14-8-10-15(11-9-14)24(31)32-3/h4-7,14-15,19,22,26H,8-13H2,1-3H3/t14?,15?,19-,22?/m1/s1. The summed E-state index contributed by atoms with van der Waals surface area (Å²) in [5.41, 5.74) is 3.09. The van der Waals surface area contributed by atoms with E-state index in [2.05, 4.69) is 11.1 Å². The Balaban J connectivity index is 1.79. The van der Waals surface area contributed by atoms with Crippen LogP contribution in [0.25, 0.3) is 10.9 Å². The zero-order valence-corrected chi connectivity index (χ0v) is 19.5. The molecular formula is C24H30ClN3O4. The first-order valence-electron chi connectivity index (χ1n) is 11.1. The number of H-pyrrole nitrogens is 1. The minimum Gasteiger partial charge on any atom is -0.469 e. The SMILES string of the molecule is COC(=O)C1CCC(C2c3[nH]c4ccccc4c3C[C@H](C(=O)N(C)C)N2C(=O)CCl)CC1. The maximum absolute atomic E-state index is 13.2. The van der Waals surface area contributed by atoms with Crippen LogP contribution in [0.3, 0.4) is 0 Å². The number of methoxy groups -OCH3 is 1. The van der Waals surface area contributed by atoms with Crippen molar-refractivity contribution in [3.05, 3.63) is 35.5 Å². The van der Waals surface area contributed by atoms with Gasteiger partial charge in [-0.2, -0.15) is 0 Å². The number of ether oxygens (including phenoxy) is 1. The lowest BCUT2D eigenvalue weighted by atomic mass is 9.74.